The van der Waals surface area contributed by atoms with Crippen LogP contribution >= 0.6 is 11.6 Å². The number of fused-ring (bicyclic) bond motifs is 1. The molecular formula is C25H25ClN2O4S. The Morgan fingerprint density at radius 1 is 1.06 bits per heavy atom. The molecule has 0 spiro atoms. The minimum absolute atomic E-state index is 0.100. The summed E-state index contributed by atoms with van der Waals surface area (Å²) in [6.45, 7) is 2.92. The lowest BCUT2D eigenvalue weighted by Gasteiger charge is -2.28. The zero-order valence-electron chi connectivity index (χ0n) is 18.3. The Hall–Kier alpha value is -2.87. The van der Waals surface area contributed by atoms with Crippen LogP contribution < -0.4 is 10.1 Å². The number of hydrogen-bond acceptors (Lipinski definition) is 4. The summed E-state index contributed by atoms with van der Waals surface area (Å²) in [7, 11) is -3.70. The molecule has 6 nitrogen and oxygen atoms in total. The average molecular weight is 485 g/mol. The molecule has 1 aliphatic rings. The van der Waals surface area contributed by atoms with E-state index in [1.54, 1.807) is 0 Å². The van der Waals surface area contributed by atoms with Crippen molar-refractivity contribution in [2.24, 2.45) is 0 Å². The summed E-state index contributed by atoms with van der Waals surface area (Å²) in [4.78, 5) is 12.2. The molecule has 4 rings (SSSR count). The van der Waals surface area contributed by atoms with Crippen LogP contribution in [-0.2, 0) is 34.3 Å². The van der Waals surface area contributed by atoms with Crippen LogP contribution in [0.25, 0.3) is 0 Å². The molecule has 0 bridgehead atoms. The molecule has 1 heterocycles. The molecule has 3 aromatic carbocycles. The van der Waals surface area contributed by atoms with Gasteiger partial charge in [-0.3, -0.25) is 4.79 Å². The van der Waals surface area contributed by atoms with E-state index in [0.29, 0.717) is 26.1 Å². The van der Waals surface area contributed by atoms with Crippen molar-refractivity contribution in [3.8, 4) is 5.75 Å². The summed E-state index contributed by atoms with van der Waals surface area (Å²) in [5.41, 5.74) is 4.32. The van der Waals surface area contributed by atoms with Gasteiger partial charge in [-0.1, -0.05) is 65.7 Å². The second-order valence-corrected chi connectivity index (χ2v) is 10.3. The third kappa shape index (κ3) is 5.55. The van der Waals surface area contributed by atoms with E-state index in [1.165, 1.54) is 28.1 Å². The highest BCUT2D eigenvalue weighted by atomic mass is 35.5. The van der Waals surface area contributed by atoms with E-state index >= 15 is 0 Å². The van der Waals surface area contributed by atoms with E-state index in [4.69, 9.17) is 16.3 Å². The third-order valence-corrected chi connectivity index (χ3v) is 7.74. The highest BCUT2D eigenvalue weighted by Gasteiger charge is 2.28. The van der Waals surface area contributed by atoms with Crippen molar-refractivity contribution in [1.82, 2.24) is 9.62 Å². The van der Waals surface area contributed by atoms with Crippen molar-refractivity contribution in [1.29, 1.82) is 0 Å². The van der Waals surface area contributed by atoms with E-state index in [-0.39, 0.29) is 28.2 Å². The Balaban J connectivity index is 1.36. The minimum Gasteiger partial charge on any atom is -0.482 e. The number of carbonyl (C=O) groups excluding carboxylic acids is 1. The Morgan fingerprint density at radius 2 is 1.79 bits per heavy atom. The SMILES string of the molecule is Cc1ccc(CNC(=O)COc2ccc(S(=O)(=O)N3CCc4ccccc4C3)cc2Cl)cc1. The predicted molar refractivity (Wildman–Crippen MR) is 128 cm³/mol. The second-order valence-electron chi connectivity index (χ2n) is 8.00. The number of ether oxygens (including phenoxy) is 1. The molecule has 1 amide bonds. The van der Waals surface area contributed by atoms with Crippen LogP contribution in [0, 0.1) is 6.92 Å². The Kier molecular flexibility index (Phi) is 7.02. The highest BCUT2D eigenvalue weighted by molar-refractivity contribution is 7.89. The van der Waals surface area contributed by atoms with Crippen LogP contribution in [0.1, 0.15) is 22.3 Å². The van der Waals surface area contributed by atoms with Crippen LogP contribution in [0.2, 0.25) is 5.02 Å². The zero-order chi connectivity index (χ0) is 23.4. The summed E-state index contributed by atoms with van der Waals surface area (Å²) in [5.74, 6) is -0.0413. The number of sulfonamides is 1. The number of halogens is 1. The third-order valence-electron chi connectivity index (χ3n) is 5.61. The van der Waals surface area contributed by atoms with E-state index in [1.807, 2.05) is 55.5 Å². The molecule has 1 aliphatic heterocycles. The van der Waals surface area contributed by atoms with Crippen LogP contribution in [0.5, 0.6) is 5.75 Å². The number of aryl methyl sites for hydroxylation is 1. The van der Waals surface area contributed by atoms with Gasteiger partial charge in [0.25, 0.3) is 5.91 Å². The van der Waals surface area contributed by atoms with Crippen molar-refractivity contribution in [2.45, 2.75) is 31.3 Å². The van der Waals surface area contributed by atoms with Crippen LogP contribution in [0.3, 0.4) is 0 Å². The lowest BCUT2D eigenvalue weighted by Crippen LogP contribution is -2.35. The van der Waals surface area contributed by atoms with Gasteiger partial charge in [-0.05, 0) is 48.2 Å². The average Bonchev–Trinajstić information content (AvgIpc) is 2.82. The number of hydrogen-bond donors (Lipinski definition) is 1. The van der Waals surface area contributed by atoms with Crippen molar-refractivity contribution in [2.75, 3.05) is 13.2 Å². The first kappa shape index (κ1) is 23.3. The van der Waals surface area contributed by atoms with Gasteiger partial charge in [0, 0.05) is 19.6 Å². The molecule has 172 valence electrons. The number of amides is 1. The lowest BCUT2D eigenvalue weighted by molar-refractivity contribution is -0.123. The van der Waals surface area contributed by atoms with Gasteiger partial charge in [0.2, 0.25) is 10.0 Å². The van der Waals surface area contributed by atoms with Crippen molar-refractivity contribution < 1.29 is 17.9 Å². The van der Waals surface area contributed by atoms with Crippen molar-refractivity contribution in [3.05, 3.63) is 94.0 Å². The highest BCUT2D eigenvalue weighted by Crippen LogP contribution is 2.30. The maximum absolute atomic E-state index is 13.1. The first-order valence-electron chi connectivity index (χ1n) is 10.6. The largest absolute Gasteiger partial charge is 0.482 e. The number of nitrogens with zero attached hydrogens (tertiary/aromatic N) is 1. The fourth-order valence-electron chi connectivity index (χ4n) is 3.68. The van der Waals surface area contributed by atoms with Gasteiger partial charge in [0.15, 0.2) is 6.61 Å². The van der Waals surface area contributed by atoms with Gasteiger partial charge in [0.1, 0.15) is 5.75 Å². The van der Waals surface area contributed by atoms with Crippen LogP contribution in [0.4, 0.5) is 0 Å². The molecule has 0 saturated heterocycles. The molecule has 0 fully saturated rings. The summed E-state index contributed by atoms with van der Waals surface area (Å²) in [6, 6.07) is 20.0. The van der Waals surface area contributed by atoms with Gasteiger partial charge in [-0.2, -0.15) is 4.31 Å². The smallest absolute Gasteiger partial charge is 0.258 e. The number of nitrogens with one attached hydrogen (secondary N) is 1. The molecule has 0 aliphatic carbocycles. The molecule has 0 unspecified atom stereocenters. The topological polar surface area (TPSA) is 75.7 Å². The number of rotatable bonds is 7. The van der Waals surface area contributed by atoms with Crippen molar-refractivity contribution >= 4 is 27.5 Å². The molecule has 0 atom stereocenters. The summed E-state index contributed by atoms with van der Waals surface area (Å²) >= 11 is 6.29. The standard InChI is InChI=1S/C25H25ClN2O4S/c1-18-6-8-19(9-7-18)15-27-25(29)17-32-24-11-10-22(14-23(24)26)33(30,31)28-13-12-20-4-2-3-5-21(20)16-28/h2-11,14H,12-13,15-17H2,1H3,(H,27,29). The van der Waals surface area contributed by atoms with E-state index < -0.39 is 10.0 Å². The fraction of sp³-hybridized carbons (Fsp3) is 0.240. The number of carbonyl (C=O) groups is 1. The summed E-state index contributed by atoms with van der Waals surface area (Å²) < 4.78 is 33.2. The summed E-state index contributed by atoms with van der Waals surface area (Å²) in [5, 5.41) is 2.92. The van der Waals surface area contributed by atoms with Crippen molar-refractivity contribution in [3.63, 3.8) is 0 Å². The monoisotopic (exact) mass is 484 g/mol. The normalized spacial score (nSPS) is 13.9. The Morgan fingerprint density at radius 3 is 2.52 bits per heavy atom. The molecule has 0 saturated carbocycles. The summed E-state index contributed by atoms with van der Waals surface area (Å²) in [6.07, 6.45) is 0.669. The minimum atomic E-state index is -3.70. The first-order chi connectivity index (χ1) is 15.8. The van der Waals surface area contributed by atoms with E-state index in [0.717, 1.165) is 16.7 Å². The van der Waals surface area contributed by atoms with E-state index in [9.17, 15) is 13.2 Å². The second kappa shape index (κ2) is 9.95. The van der Waals surface area contributed by atoms with Gasteiger partial charge in [-0.25, -0.2) is 8.42 Å². The van der Waals surface area contributed by atoms with E-state index in [2.05, 4.69) is 5.32 Å². The maximum Gasteiger partial charge on any atom is 0.258 e. The fourth-order valence-corrected chi connectivity index (χ4v) is 5.43. The van der Waals surface area contributed by atoms with Crippen LogP contribution in [-0.4, -0.2) is 31.8 Å². The van der Waals surface area contributed by atoms with Gasteiger partial charge < -0.3 is 10.1 Å². The number of benzene rings is 3. The van der Waals surface area contributed by atoms with Gasteiger partial charge in [0.05, 0.1) is 9.92 Å². The molecule has 0 aromatic heterocycles. The lowest BCUT2D eigenvalue weighted by atomic mass is 10.0. The molecule has 8 heteroatoms. The molecule has 3 aromatic rings. The van der Waals surface area contributed by atoms with Gasteiger partial charge >= 0.3 is 0 Å². The zero-order valence-corrected chi connectivity index (χ0v) is 19.8. The molecule has 33 heavy (non-hydrogen) atoms. The quantitative estimate of drug-likeness (QED) is 0.548. The predicted octanol–water partition coefficient (Wildman–Crippen LogP) is 4.09. The van der Waals surface area contributed by atoms with Crippen LogP contribution in [0.15, 0.2) is 71.6 Å². The Bertz CT molecular complexity index is 1260. The first-order valence-corrected chi connectivity index (χ1v) is 12.5. The Labute approximate surface area is 199 Å². The molecular weight excluding hydrogens is 460 g/mol. The molecule has 1 N–H and O–H groups in total. The molecule has 0 radical (unpaired) electrons. The van der Waals surface area contributed by atoms with Gasteiger partial charge in [-0.15, -0.1) is 0 Å². The maximum atomic E-state index is 13.1.